The van der Waals surface area contributed by atoms with Crippen LogP contribution in [0.4, 0.5) is 10.7 Å². The number of amides is 1. The van der Waals surface area contributed by atoms with Crippen LogP contribution < -0.4 is 15.5 Å². The van der Waals surface area contributed by atoms with Gasteiger partial charge in [-0.2, -0.15) is 0 Å². The molecule has 1 atom stereocenters. The third kappa shape index (κ3) is 8.42. The van der Waals surface area contributed by atoms with Crippen LogP contribution in [0.2, 0.25) is 5.02 Å². The van der Waals surface area contributed by atoms with Gasteiger partial charge in [-0.05, 0) is 81.6 Å². The van der Waals surface area contributed by atoms with Crippen LogP contribution >= 0.6 is 22.9 Å². The monoisotopic (exact) mass is 699 g/mol. The fraction of sp³-hybridized carbons (Fsp3) is 0.421. The number of hydrogen-bond acceptors (Lipinski definition) is 8. The highest BCUT2D eigenvalue weighted by Crippen LogP contribution is 2.40. The number of aliphatic imine (C=N–C) groups is 1. The fourth-order valence-corrected chi connectivity index (χ4v) is 7.64. The maximum atomic E-state index is 13.8. The number of piperazine rings is 1. The number of hydrogen-bond donors (Lipinski definition) is 4. The number of aryl methyl sites for hydroxylation is 1. The number of halogens is 1. The topological polar surface area (TPSA) is 133 Å². The number of carbonyl (C=O) groups excluding carboxylic acids is 1. The number of unbranched alkanes of at least 4 members (excludes halogenated alkanes) is 4. The number of thiophene rings is 1. The van der Waals surface area contributed by atoms with E-state index < -0.39 is 6.04 Å². The minimum Gasteiger partial charge on any atom is -0.392 e. The van der Waals surface area contributed by atoms with Crippen molar-refractivity contribution in [2.24, 2.45) is 10.7 Å². The van der Waals surface area contributed by atoms with Crippen molar-refractivity contribution in [3.05, 3.63) is 80.2 Å². The zero-order chi connectivity index (χ0) is 35.1. The standard InChI is InChI=1S/C38H46ClN7O2S/c1-25-26(2)49-38-35(25)36(29-11-14-31(39)15-12-29)43-33(37(42)46(38)27(3)41)23-34(48)45-20-18-44(19-21-45)32-16-13-28(30(22-32)24-47)10-8-6-4-5-7-9-17-40/h11-16,22,33,41-42,47H,4-7,9,17-21,23-24,40H2,1-3H3/t33-/m0/s1. The smallest absolute Gasteiger partial charge is 0.225 e. The first-order valence-corrected chi connectivity index (χ1v) is 18.2. The minimum absolute atomic E-state index is 0.0295. The molecule has 5 N–H and O–H groups in total. The van der Waals surface area contributed by atoms with Gasteiger partial charge in [0.15, 0.2) is 0 Å². The Bertz CT molecular complexity index is 1780. The molecule has 1 aromatic heterocycles. The van der Waals surface area contributed by atoms with Crippen molar-refractivity contribution in [1.29, 1.82) is 10.8 Å². The average Bonchev–Trinajstić information content (AvgIpc) is 3.31. The van der Waals surface area contributed by atoms with Crippen molar-refractivity contribution in [2.45, 2.75) is 71.9 Å². The summed E-state index contributed by atoms with van der Waals surface area (Å²) in [5.41, 5.74) is 11.7. The normalized spacial score (nSPS) is 16.1. The van der Waals surface area contributed by atoms with E-state index >= 15 is 0 Å². The molecule has 11 heteroatoms. The Balaban J connectivity index is 1.29. The lowest BCUT2D eigenvalue weighted by atomic mass is 9.99. The van der Waals surface area contributed by atoms with Crippen LogP contribution in [0.3, 0.4) is 0 Å². The summed E-state index contributed by atoms with van der Waals surface area (Å²) in [6.07, 6.45) is 5.23. The van der Waals surface area contributed by atoms with E-state index in [1.807, 2.05) is 61.2 Å². The lowest BCUT2D eigenvalue weighted by molar-refractivity contribution is -0.131. The van der Waals surface area contributed by atoms with Gasteiger partial charge in [-0.15, -0.1) is 11.3 Å². The van der Waals surface area contributed by atoms with Crippen LogP contribution in [0.15, 0.2) is 47.5 Å². The summed E-state index contributed by atoms with van der Waals surface area (Å²) in [5, 5.41) is 29.3. The number of carbonyl (C=O) groups is 1. The van der Waals surface area contributed by atoms with Gasteiger partial charge in [0.25, 0.3) is 0 Å². The van der Waals surface area contributed by atoms with Crippen molar-refractivity contribution in [1.82, 2.24) is 4.90 Å². The Morgan fingerprint density at radius 1 is 1.08 bits per heavy atom. The molecule has 0 unspecified atom stereocenters. The highest BCUT2D eigenvalue weighted by atomic mass is 35.5. The SMILES string of the molecule is CC(=N)N1C(=N)[C@H](CC(=O)N2CCN(c3ccc(C#CCCCCCCN)c(CO)c3)CC2)N=C(c2ccc(Cl)cc2)c2c1sc(C)c2C. The zero-order valence-corrected chi connectivity index (χ0v) is 30.2. The molecule has 1 saturated heterocycles. The maximum Gasteiger partial charge on any atom is 0.225 e. The molecular formula is C38H46ClN7O2S. The van der Waals surface area contributed by atoms with Crippen molar-refractivity contribution < 1.29 is 9.90 Å². The van der Waals surface area contributed by atoms with Gasteiger partial charge >= 0.3 is 0 Å². The summed E-state index contributed by atoms with van der Waals surface area (Å²) in [6.45, 7) is 8.76. The molecule has 49 heavy (non-hydrogen) atoms. The van der Waals surface area contributed by atoms with Crippen molar-refractivity contribution >= 4 is 56.9 Å². The molecular weight excluding hydrogens is 654 g/mol. The third-order valence-corrected chi connectivity index (χ3v) is 10.6. The van der Waals surface area contributed by atoms with Crippen LogP contribution in [0.5, 0.6) is 0 Å². The number of amidine groups is 2. The van der Waals surface area contributed by atoms with E-state index in [1.54, 1.807) is 23.2 Å². The lowest BCUT2D eigenvalue weighted by Crippen LogP contribution is -2.50. The molecule has 3 heterocycles. The molecule has 1 amide bonds. The first kappa shape index (κ1) is 36.3. The van der Waals surface area contributed by atoms with Gasteiger partial charge in [-0.25, -0.2) is 0 Å². The van der Waals surface area contributed by atoms with Crippen molar-refractivity contribution in [3.8, 4) is 11.8 Å². The van der Waals surface area contributed by atoms with Gasteiger partial charge < -0.3 is 20.6 Å². The van der Waals surface area contributed by atoms with E-state index in [0.717, 1.165) is 82.0 Å². The predicted molar refractivity (Wildman–Crippen MR) is 203 cm³/mol. The van der Waals surface area contributed by atoms with Gasteiger partial charge in [-0.1, -0.05) is 48.4 Å². The number of aliphatic hydroxyl groups is 1. The number of nitrogens with zero attached hydrogens (tertiary/aromatic N) is 4. The molecule has 3 aromatic rings. The fourth-order valence-electron chi connectivity index (χ4n) is 6.29. The average molecular weight is 700 g/mol. The third-order valence-electron chi connectivity index (χ3n) is 9.20. The second-order valence-corrected chi connectivity index (χ2v) is 14.2. The number of benzene rings is 2. The Morgan fingerprint density at radius 2 is 1.80 bits per heavy atom. The van der Waals surface area contributed by atoms with Crippen LogP contribution in [0, 0.1) is 36.5 Å². The second kappa shape index (κ2) is 16.6. The molecule has 0 radical (unpaired) electrons. The molecule has 258 valence electrons. The molecule has 1 fully saturated rings. The van der Waals surface area contributed by atoms with Crippen molar-refractivity contribution in [2.75, 3.05) is 42.5 Å². The molecule has 2 aliphatic heterocycles. The first-order valence-electron chi connectivity index (χ1n) is 17.0. The lowest BCUT2D eigenvalue weighted by Gasteiger charge is -2.37. The van der Waals surface area contributed by atoms with Gasteiger partial charge in [0, 0.05) is 64.9 Å². The quantitative estimate of drug-likeness (QED) is 0.0829. The number of fused-ring (bicyclic) bond motifs is 1. The molecule has 2 aliphatic rings. The van der Waals surface area contributed by atoms with Crippen molar-refractivity contribution in [3.63, 3.8) is 0 Å². The summed E-state index contributed by atoms with van der Waals surface area (Å²) >= 11 is 7.76. The molecule has 0 spiro atoms. The zero-order valence-electron chi connectivity index (χ0n) is 28.6. The molecule has 0 aliphatic carbocycles. The van der Waals surface area contributed by atoms with E-state index in [9.17, 15) is 15.3 Å². The number of rotatable bonds is 10. The van der Waals surface area contributed by atoms with Crippen LogP contribution in [-0.4, -0.2) is 72.1 Å². The predicted octanol–water partition coefficient (Wildman–Crippen LogP) is 6.51. The van der Waals surface area contributed by atoms with E-state index in [2.05, 4.69) is 16.7 Å². The summed E-state index contributed by atoms with van der Waals surface area (Å²) in [4.78, 5) is 25.7. The van der Waals surface area contributed by atoms with E-state index in [-0.39, 0.29) is 30.6 Å². The highest BCUT2D eigenvalue weighted by molar-refractivity contribution is 7.17. The van der Waals surface area contributed by atoms with Gasteiger partial charge in [0.1, 0.15) is 22.7 Å². The first-order chi connectivity index (χ1) is 23.6. The summed E-state index contributed by atoms with van der Waals surface area (Å²) in [6, 6.07) is 12.7. The highest BCUT2D eigenvalue weighted by Gasteiger charge is 2.36. The Hall–Kier alpha value is -4.01. The summed E-state index contributed by atoms with van der Waals surface area (Å²) in [7, 11) is 0. The molecule has 0 saturated carbocycles. The largest absolute Gasteiger partial charge is 0.392 e. The Kier molecular flexibility index (Phi) is 12.3. The maximum absolute atomic E-state index is 13.8. The molecule has 2 aromatic carbocycles. The molecule has 5 rings (SSSR count). The van der Waals surface area contributed by atoms with E-state index in [1.165, 1.54) is 0 Å². The molecule has 0 bridgehead atoms. The number of nitrogens with one attached hydrogen (secondary N) is 2. The van der Waals surface area contributed by atoms with Crippen LogP contribution in [0.25, 0.3) is 0 Å². The Labute approximate surface area is 298 Å². The Morgan fingerprint density at radius 3 is 2.47 bits per heavy atom. The van der Waals surface area contributed by atoms with Crippen LogP contribution in [0.1, 0.15) is 78.1 Å². The number of anilines is 2. The number of nitrogens with two attached hydrogens (primary N) is 1. The summed E-state index contributed by atoms with van der Waals surface area (Å²) < 4.78 is 0. The summed E-state index contributed by atoms with van der Waals surface area (Å²) in [5.74, 6) is 6.75. The molecule has 9 nitrogen and oxygen atoms in total. The van der Waals surface area contributed by atoms with Gasteiger partial charge in [-0.3, -0.25) is 25.5 Å². The minimum atomic E-state index is -0.762. The number of aliphatic hydroxyl groups excluding tert-OH is 1. The van der Waals surface area contributed by atoms with Gasteiger partial charge in [0.2, 0.25) is 5.91 Å². The van der Waals surface area contributed by atoms with Crippen LogP contribution in [-0.2, 0) is 11.4 Å². The van der Waals surface area contributed by atoms with E-state index in [0.29, 0.717) is 36.9 Å². The van der Waals surface area contributed by atoms with E-state index in [4.69, 9.17) is 27.7 Å². The second-order valence-electron chi connectivity index (χ2n) is 12.6. The van der Waals surface area contributed by atoms with Gasteiger partial charge in [0.05, 0.1) is 18.7 Å².